The molecule has 1 aromatic carbocycles. The van der Waals surface area contributed by atoms with Gasteiger partial charge in [-0.25, -0.2) is 0 Å². The lowest BCUT2D eigenvalue weighted by molar-refractivity contribution is -0.164. The van der Waals surface area contributed by atoms with Gasteiger partial charge >= 0.3 is 0 Å². The summed E-state index contributed by atoms with van der Waals surface area (Å²) in [7, 11) is 0. The van der Waals surface area contributed by atoms with Crippen LogP contribution in [0.3, 0.4) is 0 Å². The van der Waals surface area contributed by atoms with Crippen LogP contribution in [0.2, 0.25) is 0 Å². The Kier molecular flexibility index (Phi) is 4.47. The van der Waals surface area contributed by atoms with Crippen molar-refractivity contribution in [3.05, 3.63) is 35.4 Å². The SMILES string of the molecule is C[C@H]1OC(c2cccc(C(=O)NCC3CC3)c2)[C@@H](O)CC1O. The molecule has 5 heteroatoms. The molecular weight excluding hydrogens is 282 g/mol. The lowest BCUT2D eigenvalue weighted by Crippen LogP contribution is -2.41. The minimum absolute atomic E-state index is 0.0906. The number of ether oxygens (including phenoxy) is 1. The van der Waals surface area contributed by atoms with Crippen LogP contribution < -0.4 is 5.32 Å². The van der Waals surface area contributed by atoms with Crippen molar-refractivity contribution >= 4 is 5.91 Å². The van der Waals surface area contributed by atoms with Crippen molar-refractivity contribution in [2.45, 2.75) is 50.6 Å². The molecule has 1 heterocycles. The fourth-order valence-electron chi connectivity index (χ4n) is 2.79. The number of amides is 1. The molecule has 1 aliphatic heterocycles. The maximum absolute atomic E-state index is 12.2. The second-order valence-electron chi connectivity index (χ2n) is 6.41. The molecular formula is C17H23NO4. The van der Waals surface area contributed by atoms with E-state index < -0.39 is 18.3 Å². The molecule has 1 amide bonds. The lowest BCUT2D eigenvalue weighted by Gasteiger charge is -2.36. The van der Waals surface area contributed by atoms with Crippen molar-refractivity contribution in [2.75, 3.05) is 6.54 Å². The monoisotopic (exact) mass is 305 g/mol. The van der Waals surface area contributed by atoms with E-state index >= 15 is 0 Å². The average Bonchev–Trinajstić information content (AvgIpc) is 3.33. The molecule has 4 atom stereocenters. The van der Waals surface area contributed by atoms with Gasteiger partial charge in [-0.05, 0) is 43.4 Å². The molecule has 2 aliphatic rings. The van der Waals surface area contributed by atoms with Crippen molar-refractivity contribution in [1.29, 1.82) is 0 Å². The van der Waals surface area contributed by atoms with E-state index in [0.717, 1.165) is 12.1 Å². The van der Waals surface area contributed by atoms with E-state index in [0.29, 0.717) is 11.5 Å². The molecule has 0 aromatic heterocycles. The highest BCUT2D eigenvalue weighted by atomic mass is 16.5. The Morgan fingerprint density at radius 1 is 1.32 bits per heavy atom. The zero-order valence-corrected chi connectivity index (χ0v) is 12.7. The van der Waals surface area contributed by atoms with Crippen LogP contribution in [-0.2, 0) is 4.74 Å². The Hall–Kier alpha value is -1.43. The van der Waals surface area contributed by atoms with Gasteiger partial charge in [-0.15, -0.1) is 0 Å². The lowest BCUT2D eigenvalue weighted by atomic mass is 9.93. The van der Waals surface area contributed by atoms with Crippen molar-refractivity contribution in [3.63, 3.8) is 0 Å². The second kappa shape index (κ2) is 6.36. The van der Waals surface area contributed by atoms with Gasteiger partial charge < -0.3 is 20.3 Å². The van der Waals surface area contributed by atoms with Crippen LogP contribution in [0.4, 0.5) is 0 Å². The summed E-state index contributed by atoms with van der Waals surface area (Å²) in [6.07, 6.45) is 0.414. The summed E-state index contributed by atoms with van der Waals surface area (Å²) < 4.78 is 5.71. The molecule has 0 spiro atoms. The van der Waals surface area contributed by atoms with E-state index in [4.69, 9.17) is 4.74 Å². The van der Waals surface area contributed by atoms with E-state index in [-0.39, 0.29) is 18.4 Å². The summed E-state index contributed by atoms with van der Waals surface area (Å²) in [4.78, 5) is 12.2. The van der Waals surface area contributed by atoms with Crippen LogP contribution >= 0.6 is 0 Å². The number of hydrogen-bond donors (Lipinski definition) is 3. The normalized spacial score (nSPS) is 31.8. The molecule has 1 saturated heterocycles. The number of aliphatic hydroxyl groups is 2. The molecule has 3 N–H and O–H groups in total. The second-order valence-corrected chi connectivity index (χ2v) is 6.41. The molecule has 5 nitrogen and oxygen atoms in total. The molecule has 22 heavy (non-hydrogen) atoms. The van der Waals surface area contributed by atoms with Crippen LogP contribution in [0.25, 0.3) is 0 Å². The first kappa shape index (κ1) is 15.5. The summed E-state index contributed by atoms with van der Waals surface area (Å²) in [6.45, 7) is 2.52. The van der Waals surface area contributed by atoms with Crippen molar-refractivity contribution in [2.24, 2.45) is 5.92 Å². The highest BCUT2D eigenvalue weighted by Gasteiger charge is 2.35. The van der Waals surface area contributed by atoms with Crippen LogP contribution in [0.1, 0.15) is 48.2 Å². The van der Waals surface area contributed by atoms with Gasteiger partial charge in [0.2, 0.25) is 0 Å². The Morgan fingerprint density at radius 2 is 2.09 bits per heavy atom. The number of rotatable bonds is 4. The maximum atomic E-state index is 12.2. The van der Waals surface area contributed by atoms with Crippen LogP contribution in [-0.4, -0.2) is 41.0 Å². The van der Waals surface area contributed by atoms with Crippen LogP contribution in [0.15, 0.2) is 24.3 Å². The Labute approximate surface area is 130 Å². The summed E-state index contributed by atoms with van der Waals surface area (Å²) in [5, 5.41) is 22.8. The Bertz CT molecular complexity index is 543. The average molecular weight is 305 g/mol. The Morgan fingerprint density at radius 3 is 2.82 bits per heavy atom. The van der Waals surface area contributed by atoms with Gasteiger partial charge in [0.1, 0.15) is 6.10 Å². The van der Waals surface area contributed by atoms with Gasteiger partial charge in [0.15, 0.2) is 0 Å². The first-order valence-electron chi connectivity index (χ1n) is 7.94. The minimum atomic E-state index is -0.768. The number of aliphatic hydroxyl groups excluding tert-OH is 2. The standard InChI is InChI=1S/C17H23NO4/c1-10-14(19)8-15(20)16(22-10)12-3-2-4-13(7-12)17(21)18-9-11-5-6-11/h2-4,7,10-11,14-16,19-20H,5-6,8-9H2,1H3,(H,18,21)/t10-,14?,15+,16?/m1/s1. The van der Waals surface area contributed by atoms with E-state index in [2.05, 4.69) is 5.32 Å². The van der Waals surface area contributed by atoms with Crippen molar-refractivity contribution < 1.29 is 19.7 Å². The Balaban J connectivity index is 1.71. The van der Waals surface area contributed by atoms with Crippen molar-refractivity contribution in [3.8, 4) is 0 Å². The number of hydrogen-bond acceptors (Lipinski definition) is 4. The summed E-state index contributed by atoms with van der Waals surface area (Å²) in [5.74, 6) is 0.546. The first-order chi connectivity index (χ1) is 10.5. The largest absolute Gasteiger partial charge is 0.390 e. The van der Waals surface area contributed by atoms with E-state index in [1.54, 1.807) is 25.1 Å². The number of benzene rings is 1. The zero-order chi connectivity index (χ0) is 15.7. The van der Waals surface area contributed by atoms with Gasteiger partial charge in [-0.2, -0.15) is 0 Å². The summed E-state index contributed by atoms with van der Waals surface area (Å²) in [6, 6.07) is 7.17. The molecule has 0 radical (unpaired) electrons. The predicted molar refractivity (Wildman–Crippen MR) is 81.4 cm³/mol. The van der Waals surface area contributed by atoms with E-state index in [9.17, 15) is 15.0 Å². The van der Waals surface area contributed by atoms with Gasteiger partial charge in [0.25, 0.3) is 5.91 Å². The van der Waals surface area contributed by atoms with Gasteiger partial charge in [0.05, 0.1) is 18.3 Å². The summed E-state index contributed by atoms with van der Waals surface area (Å²) >= 11 is 0. The topological polar surface area (TPSA) is 78.8 Å². The summed E-state index contributed by atoms with van der Waals surface area (Å²) in [5.41, 5.74) is 1.35. The molecule has 1 aliphatic carbocycles. The van der Waals surface area contributed by atoms with E-state index in [1.165, 1.54) is 12.8 Å². The molecule has 0 bridgehead atoms. The number of carbonyl (C=O) groups excluding carboxylic acids is 1. The fraction of sp³-hybridized carbons (Fsp3) is 0.588. The maximum Gasteiger partial charge on any atom is 0.251 e. The highest BCUT2D eigenvalue weighted by Crippen LogP contribution is 2.32. The zero-order valence-electron chi connectivity index (χ0n) is 12.7. The third-order valence-corrected chi connectivity index (χ3v) is 4.46. The molecule has 2 unspecified atom stereocenters. The fourth-order valence-corrected chi connectivity index (χ4v) is 2.79. The van der Waals surface area contributed by atoms with Gasteiger partial charge in [-0.3, -0.25) is 4.79 Å². The predicted octanol–water partition coefficient (Wildman–Crippen LogP) is 1.40. The number of nitrogens with one attached hydrogen (secondary N) is 1. The molecule has 1 aromatic rings. The van der Waals surface area contributed by atoms with Crippen LogP contribution in [0.5, 0.6) is 0 Å². The smallest absolute Gasteiger partial charge is 0.251 e. The third-order valence-electron chi connectivity index (χ3n) is 4.46. The highest BCUT2D eigenvalue weighted by molar-refractivity contribution is 5.94. The van der Waals surface area contributed by atoms with Gasteiger partial charge in [-0.1, -0.05) is 12.1 Å². The molecule has 2 fully saturated rings. The van der Waals surface area contributed by atoms with Gasteiger partial charge in [0, 0.05) is 18.5 Å². The molecule has 1 saturated carbocycles. The first-order valence-corrected chi connectivity index (χ1v) is 7.94. The quantitative estimate of drug-likeness (QED) is 0.785. The molecule has 3 rings (SSSR count). The third kappa shape index (κ3) is 3.48. The minimum Gasteiger partial charge on any atom is -0.390 e. The van der Waals surface area contributed by atoms with Crippen molar-refractivity contribution in [1.82, 2.24) is 5.32 Å². The van der Waals surface area contributed by atoms with E-state index in [1.807, 2.05) is 6.07 Å². The number of carbonyl (C=O) groups is 1. The van der Waals surface area contributed by atoms with Crippen LogP contribution in [0, 0.1) is 5.92 Å². The molecule has 120 valence electrons.